The van der Waals surface area contributed by atoms with Gasteiger partial charge in [-0.25, -0.2) is 4.98 Å². The van der Waals surface area contributed by atoms with Gasteiger partial charge >= 0.3 is 0 Å². The van der Waals surface area contributed by atoms with Gasteiger partial charge in [0.05, 0.1) is 5.69 Å². The van der Waals surface area contributed by atoms with Crippen LogP contribution in [0, 0.1) is 5.92 Å². The minimum atomic E-state index is 0.166. The van der Waals surface area contributed by atoms with E-state index in [0.29, 0.717) is 5.92 Å². The SMILES string of the molecule is CC.CCc1cc2c(nc1-c1ccc(C(C)C)nc1CC)N(C)C=C[C@@H]2C(C)CO. The Morgan fingerprint density at radius 3 is 2.33 bits per heavy atom. The third-order valence-electron chi connectivity index (χ3n) is 5.78. The third-order valence-corrected chi connectivity index (χ3v) is 5.78. The average Bonchev–Trinajstić information content (AvgIpc) is 2.78. The number of fused-ring (bicyclic) bond motifs is 1. The minimum Gasteiger partial charge on any atom is -0.396 e. The maximum atomic E-state index is 9.70. The number of nitrogens with zero attached hydrogens (tertiary/aromatic N) is 3. The molecule has 0 saturated heterocycles. The van der Waals surface area contributed by atoms with E-state index in [0.717, 1.165) is 41.3 Å². The van der Waals surface area contributed by atoms with Gasteiger partial charge in [0.15, 0.2) is 0 Å². The summed E-state index contributed by atoms with van der Waals surface area (Å²) in [6.07, 6.45) is 6.05. The van der Waals surface area contributed by atoms with Gasteiger partial charge in [-0.2, -0.15) is 0 Å². The zero-order chi connectivity index (χ0) is 22.4. The first kappa shape index (κ1) is 24.1. The number of rotatable bonds is 6. The molecule has 0 fully saturated rings. The monoisotopic (exact) mass is 409 g/mol. The molecule has 4 nitrogen and oxygen atoms in total. The Hall–Kier alpha value is -2.20. The number of allylic oxidation sites excluding steroid dienone is 1. The number of aliphatic hydroxyl groups excluding tert-OH is 1. The van der Waals surface area contributed by atoms with Crippen molar-refractivity contribution in [1.29, 1.82) is 0 Å². The Morgan fingerprint density at radius 1 is 1.07 bits per heavy atom. The summed E-state index contributed by atoms with van der Waals surface area (Å²) in [7, 11) is 2.04. The van der Waals surface area contributed by atoms with Gasteiger partial charge in [0.1, 0.15) is 5.82 Å². The van der Waals surface area contributed by atoms with Crippen molar-refractivity contribution >= 4 is 5.82 Å². The average molecular weight is 410 g/mol. The summed E-state index contributed by atoms with van der Waals surface area (Å²) in [6.45, 7) is 15.0. The fourth-order valence-electron chi connectivity index (χ4n) is 3.92. The van der Waals surface area contributed by atoms with Crippen molar-refractivity contribution in [3.63, 3.8) is 0 Å². The molecule has 2 atom stereocenters. The predicted molar refractivity (Wildman–Crippen MR) is 128 cm³/mol. The zero-order valence-corrected chi connectivity index (χ0v) is 20.0. The van der Waals surface area contributed by atoms with Gasteiger partial charge in [-0.1, -0.05) is 54.5 Å². The summed E-state index contributed by atoms with van der Waals surface area (Å²) in [5.41, 5.74) is 6.87. The van der Waals surface area contributed by atoms with Gasteiger partial charge in [-0.05, 0) is 48.4 Å². The normalized spacial score (nSPS) is 16.2. The number of pyridine rings is 2. The molecule has 1 unspecified atom stereocenters. The maximum Gasteiger partial charge on any atom is 0.136 e. The minimum absolute atomic E-state index is 0.166. The zero-order valence-electron chi connectivity index (χ0n) is 20.0. The second-order valence-corrected chi connectivity index (χ2v) is 8.14. The summed E-state index contributed by atoms with van der Waals surface area (Å²) in [5, 5.41) is 9.70. The molecule has 0 amide bonds. The van der Waals surface area contributed by atoms with Crippen LogP contribution in [0.3, 0.4) is 0 Å². The highest BCUT2D eigenvalue weighted by Gasteiger charge is 2.27. The van der Waals surface area contributed by atoms with Crippen LogP contribution in [0.2, 0.25) is 0 Å². The summed E-state index contributed by atoms with van der Waals surface area (Å²) >= 11 is 0. The summed E-state index contributed by atoms with van der Waals surface area (Å²) in [5.74, 6) is 1.75. The van der Waals surface area contributed by atoms with Crippen LogP contribution in [0.5, 0.6) is 0 Å². The van der Waals surface area contributed by atoms with Gasteiger partial charge in [0, 0.05) is 48.3 Å². The van der Waals surface area contributed by atoms with Crippen molar-refractivity contribution in [2.24, 2.45) is 5.92 Å². The first-order chi connectivity index (χ1) is 14.4. The molecule has 2 aromatic heterocycles. The van der Waals surface area contributed by atoms with Crippen molar-refractivity contribution < 1.29 is 5.11 Å². The summed E-state index contributed by atoms with van der Waals surface area (Å²) in [4.78, 5) is 12.2. The van der Waals surface area contributed by atoms with Crippen molar-refractivity contribution in [2.75, 3.05) is 18.6 Å². The van der Waals surface area contributed by atoms with E-state index in [4.69, 9.17) is 9.97 Å². The predicted octanol–water partition coefficient (Wildman–Crippen LogP) is 6.09. The molecule has 0 aliphatic carbocycles. The number of hydrogen-bond donors (Lipinski definition) is 1. The van der Waals surface area contributed by atoms with Crippen LogP contribution in [0.25, 0.3) is 11.3 Å². The fourth-order valence-corrected chi connectivity index (χ4v) is 3.92. The molecule has 4 heteroatoms. The Morgan fingerprint density at radius 2 is 1.77 bits per heavy atom. The quantitative estimate of drug-likeness (QED) is 0.627. The first-order valence-corrected chi connectivity index (χ1v) is 11.5. The molecular weight excluding hydrogens is 370 g/mol. The molecule has 0 bridgehead atoms. The van der Waals surface area contributed by atoms with E-state index in [1.165, 1.54) is 11.1 Å². The highest BCUT2D eigenvalue weighted by molar-refractivity contribution is 5.71. The lowest BCUT2D eigenvalue weighted by atomic mass is 9.84. The molecular formula is C26H39N3O. The van der Waals surface area contributed by atoms with E-state index >= 15 is 0 Å². The topological polar surface area (TPSA) is 49.2 Å². The molecule has 0 aromatic carbocycles. The van der Waals surface area contributed by atoms with Crippen molar-refractivity contribution in [3.05, 3.63) is 53.0 Å². The van der Waals surface area contributed by atoms with Gasteiger partial charge in [-0.15, -0.1) is 0 Å². The molecule has 0 saturated carbocycles. The Kier molecular flexibility index (Phi) is 8.60. The first-order valence-electron chi connectivity index (χ1n) is 11.5. The van der Waals surface area contributed by atoms with Crippen LogP contribution in [-0.4, -0.2) is 28.7 Å². The van der Waals surface area contributed by atoms with E-state index in [-0.39, 0.29) is 18.4 Å². The van der Waals surface area contributed by atoms with Crippen LogP contribution in [0.4, 0.5) is 5.82 Å². The molecule has 1 N–H and O–H groups in total. The van der Waals surface area contributed by atoms with Crippen LogP contribution in [-0.2, 0) is 12.8 Å². The number of hydrogen-bond acceptors (Lipinski definition) is 4. The summed E-state index contributed by atoms with van der Waals surface area (Å²) in [6, 6.07) is 6.63. The largest absolute Gasteiger partial charge is 0.396 e. The van der Waals surface area contributed by atoms with Gasteiger partial charge in [0.25, 0.3) is 0 Å². The van der Waals surface area contributed by atoms with Crippen LogP contribution in [0.1, 0.15) is 82.8 Å². The fraction of sp³-hybridized carbons (Fsp3) is 0.538. The molecule has 1 aliphatic rings. The third kappa shape index (κ3) is 4.75. The smallest absolute Gasteiger partial charge is 0.136 e. The van der Waals surface area contributed by atoms with E-state index in [1.807, 2.05) is 20.9 Å². The van der Waals surface area contributed by atoms with E-state index in [2.05, 4.69) is 70.0 Å². The molecule has 30 heavy (non-hydrogen) atoms. The number of aliphatic hydroxyl groups is 1. The second kappa shape index (κ2) is 10.7. The molecule has 0 spiro atoms. The van der Waals surface area contributed by atoms with E-state index in [9.17, 15) is 5.11 Å². The number of aromatic nitrogens is 2. The van der Waals surface area contributed by atoms with Crippen molar-refractivity contribution in [1.82, 2.24) is 9.97 Å². The van der Waals surface area contributed by atoms with Gasteiger partial charge in [-0.3, -0.25) is 4.98 Å². The Bertz CT molecular complexity index is 873. The number of anilines is 1. The maximum absolute atomic E-state index is 9.70. The highest BCUT2D eigenvalue weighted by Crippen LogP contribution is 2.39. The standard InChI is InChI=1S/C24H33N3O.C2H6/c1-7-17-13-20-18(16(5)14-28)11-12-27(6)24(20)26-23(17)19-9-10-22(15(3)4)25-21(19)8-2;1-2/h9-13,15-16,18,28H,7-8,14H2,1-6H3;1-2H3/t16?,18-;/m1./s1. The van der Waals surface area contributed by atoms with Gasteiger partial charge < -0.3 is 10.0 Å². The van der Waals surface area contributed by atoms with Crippen molar-refractivity contribution in [2.45, 2.75) is 73.1 Å². The Labute approximate surface area is 183 Å². The van der Waals surface area contributed by atoms with Crippen molar-refractivity contribution in [3.8, 4) is 11.3 Å². The van der Waals surface area contributed by atoms with E-state index < -0.39 is 0 Å². The highest BCUT2D eigenvalue weighted by atomic mass is 16.3. The van der Waals surface area contributed by atoms with Crippen LogP contribution >= 0.6 is 0 Å². The number of aryl methyl sites for hydroxylation is 2. The van der Waals surface area contributed by atoms with Crippen LogP contribution < -0.4 is 4.90 Å². The lowest BCUT2D eigenvalue weighted by molar-refractivity contribution is 0.226. The molecule has 0 radical (unpaired) electrons. The lowest BCUT2D eigenvalue weighted by Gasteiger charge is -2.31. The second-order valence-electron chi connectivity index (χ2n) is 8.14. The summed E-state index contributed by atoms with van der Waals surface area (Å²) < 4.78 is 0. The van der Waals surface area contributed by atoms with Crippen LogP contribution in [0.15, 0.2) is 30.5 Å². The Balaban J connectivity index is 0.00000155. The molecule has 164 valence electrons. The molecule has 3 heterocycles. The van der Waals surface area contributed by atoms with Gasteiger partial charge in [0.2, 0.25) is 0 Å². The molecule has 1 aliphatic heterocycles. The molecule has 2 aromatic rings. The molecule has 3 rings (SSSR count). The van der Waals surface area contributed by atoms with E-state index in [1.54, 1.807) is 0 Å². The lowest BCUT2D eigenvalue weighted by Crippen LogP contribution is -2.23.